The third-order valence-electron chi connectivity index (χ3n) is 3.69. The molecule has 2 aromatic rings. The highest BCUT2D eigenvalue weighted by atomic mass is 32.1. The van der Waals surface area contributed by atoms with Gasteiger partial charge in [-0.1, -0.05) is 24.3 Å². The molecule has 2 nitrogen and oxygen atoms in total. The van der Waals surface area contributed by atoms with Crippen molar-refractivity contribution in [1.29, 1.82) is 0 Å². The number of carbonyl (C=O) groups is 1. The van der Waals surface area contributed by atoms with Crippen molar-refractivity contribution >= 4 is 17.2 Å². The lowest BCUT2D eigenvalue weighted by Gasteiger charge is -2.05. The van der Waals surface area contributed by atoms with Gasteiger partial charge in [-0.2, -0.15) is 0 Å². The van der Waals surface area contributed by atoms with Crippen molar-refractivity contribution in [3.05, 3.63) is 58.0 Å². The summed E-state index contributed by atoms with van der Waals surface area (Å²) < 4.78 is 13.4. The van der Waals surface area contributed by atoms with Gasteiger partial charge in [0.05, 0.1) is 0 Å². The van der Waals surface area contributed by atoms with Crippen LogP contribution in [0.3, 0.4) is 0 Å². The van der Waals surface area contributed by atoms with Gasteiger partial charge in [0.1, 0.15) is 5.82 Å². The summed E-state index contributed by atoms with van der Waals surface area (Å²) in [6, 6.07) is 10.8. The van der Waals surface area contributed by atoms with Crippen LogP contribution in [0.4, 0.5) is 4.39 Å². The van der Waals surface area contributed by atoms with Crippen LogP contribution >= 0.6 is 11.3 Å². The van der Waals surface area contributed by atoms with Crippen molar-refractivity contribution in [2.75, 3.05) is 6.54 Å². The average Bonchev–Trinajstić information content (AvgIpc) is 3.07. The Morgan fingerprint density at radius 3 is 2.90 bits per heavy atom. The number of hydrogen-bond donors (Lipinski definition) is 1. The van der Waals surface area contributed by atoms with E-state index >= 15 is 0 Å². The second-order valence-electron chi connectivity index (χ2n) is 5.10. The lowest BCUT2D eigenvalue weighted by Crippen LogP contribution is -2.27. The summed E-state index contributed by atoms with van der Waals surface area (Å²) in [5.41, 5.74) is 0.651. The van der Waals surface area contributed by atoms with Crippen LogP contribution in [0, 0.1) is 11.7 Å². The minimum atomic E-state index is -0.204. The lowest BCUT2D eigenvalue weighted by molar-refractivity contribution is -0.122. The van der Waals surface area contributed by atoms with Gasteiger partial charge in [0.15, 0.2) is 0 Å². The molecule has 1 fully saturated rings. The van der Waals surface area contributed by atoms with Gasteiger partial charge in [0.2, 0.25) is 5.91 Å². The smallest absolute Gasteiger partial charge is 0.223 e. The molecule has 1 N–H and O–H groups in total. The van der Waals surface area contributed by atoms with E-state index in [1.54, 1.807) is 23.5 Å². The number of thiophene rings is 1. The highest BCUT2D eigenvalue weighted by molar-refractivity contribution is 7.10. The summed E-state index contributed by atoms with van der Waals surface area (Å²) in [5.74, 6) is 0.391. The second kappa shape index (κ2) is 5.75. The van der Waals surface area contributed by atoms with Crippen molar-refractivity contribution in [3.63, 3.8) is 0 Å². The van der Waals surface area contributed by atoms with Crippen molar-refractivity contribution < 1.29 is 9.18 Å². The van der Waals surface area contributed by atoms with E-state index in [-0.39, 0.29) is 17.6 Å². The fourth-order valence-corrected chi connectivity index (χ4v) is 3.36. The topological polar surface area (TPSA) is 29.1 Å². The predicted molar refractivity (Wildman–Crippen MR) is 78.3 cm³/mol. The molecule has 20 heavy (non-hydrogen) atoms. The van der Waals surface area contributed by atoms with Gasteiger partial charge < -0.3 is 5.32 Å². The van der Waals surface area contributed by atoms with Crippen LogP contribution in [0.2, 0.25) is 0 Å². The van der Waals surface area contributed by atoms with Gasteiger partial charge in [0.25, 0.3) is 0 Å². The Bertz CT molecular complexity index is 596. The fourth-order valence-electron chi connectivity index (χ4n) is 2.45. The molecule has 0 spiro atoms. The van der Waals surface area contributed by atoms with Gasteiger partial charge in [-0.3, -0.25) is 4.79 Å². The number of amides is 1. The summed E-state index contributed by atoms with van der Waals surface area (Å²) in [6.45, 7) is 0.493. The third kappa shape index (κ3) is 2.90. The molecular weight excluding hydrogens is 273 g/mol. The monoisotopic (exact) mass is 289 g/mol. The van der Waals surface area contributed by atoms with Gasteiger partial charge >= 0.3 is 0 Å². The maximum Gasteiger partial charge on any atom is 0.223 e. The second-order valence-corrected chi connectivity index (χ2v) is 6.08. The molecule has 0 aliphatic heterocycles. The molecule has 1 aliphatic rings. The minimum Gasteiger partial charge on any atom is -0.356 e. The first-order valence-corrected chi connectivity index (χ1v) is 7.68. The maximum atomic E-state index is 13.4. The molecule has 1 saturated carbocycles. The number of benzene rings is 1. The SMILES string of the molecule is O=C(NCCc1ccccc1F)C1CC1c1cccs1. The van der Waals surface area contributed by atoms with E-state index in [9.17, 15) is 9.18 Å². The van der Waals surface area contributed by atoms with Crippen LogP contribution in [0.1, 0.15) is 22.8 Å². The fraction of sp³-hybridized carbons (Fsp3) is 0.312. The normalized spacial score (nSPS) is 20.6. The number of nitrogens with one attached hydrogen (secondary N) is 1. The number of hydrogen-bond acceptors (Lipinski definition) is 2. The summed E-state index contributed by atoms with van der Waals surface area (Å²) >= 11 is 1.71. The van der Waals surface area contributed by atoms with Gasteiger partial charge in [0, 0.05) is 23.3 Å². The molecule has 3 rings (SSSR count). The van der Waals surface area contributed by atoms with Crippen molar-refractivity contribution in [2.24, 2.45) is 5.92 Å². The summed E-state index contributed by atoms with van der Waals surface area (Å²) in [5, 5.41) is 4.95. The van der Waals surface area contributed by atoms with Crippen LogP contribution in [-0.2, 0) is 11.2 Å². The van der Waals surface area contributed by atoms with E-state index in [1.165, 1.54) is 10.9 Å². The van der Waals surface area contributed by atoms with Crippen molar-refractivity contribution in [3.8, 4) is 0 Å². The molecule has 1 aromatic heterocycles. The summed E-state index contributed by atoms with van der Waals surface area (Å²) in [4.78, 5) is 13.3. The Labute approximate surface area is 121 Å². The van der Waals surface area contributed by atoms with Gasteiger partial charge in [-0.25, -0.2) is 4.39 Å². The molecule has 0 radical (unpaired) electrons. The summed E-state index contributed by atoms with van der Waals surface area (Å²) in [7, 11) is 0. The first-order valence-electron chi connectivity index (χ1n) is 6.80. The third-order valence-corrected chi connectivity index (χ3v) is 4.69. The van der Waals surface area contributed by atoms with Gasteiger partial charge in [-0.05, 0) is 35.9 Å². The maximum absolute atomic E-state index is 13.4. The average molecular weight is 289 g/mol. The van der Waals surface area contributed by atoms with Crippen molar-refractivity contribution in [2.45, 2.75) is 18.8 Å². The Hall–Kier alpha value is -1.68. The first-order chi connectivity index (χ1) is 9.75. The zero-order valence-corrected chi connectivity index (χ0v) is 11.8. The quantitative estimate of drug-likeness (QED) is 0.898. The first kappa shape index (κ1) is 13.3. The Morgan fingerprint density at radius 1 is 1.30 bits per heavy atom. The molecule has 1 aromatic carbocycles. The molecule has 4 heteroatoms. The molecular formula is C16H16FNOS. The highest BCUT2D eigenvalue weighted by Crippen LogP contribution is 2.49. The molecule has 1 amide bonds. The van der Waals surface area contributed by atoms with Crippen LogP contribution in [0.15, 0.2) is 41.8 Å². The molecule has 2 unspecified atom stereocenters. The lowest BCUT2D eigenvalue weighted by atomic mass is 10.1. The number of carbonyl (C=O) groups excluding carboxylic acids is 1. The Kier molecular flexibility index (Phi) is 3.83. The zero-order valence-electron chi connectivity index (χ0n) is 11.0. The standard InChI is InChI=1S/C16H16FNOS/c17-14-5-2-1-4-11(14)7-8-18-16(19)13-10-12(13)15-6-3-9-20-15/h1-6,9,12-13H,7-8,10H2,(H,18,19). The zero-order chi connectivity index (χ0) is 13.9. The van der Waals surface area contributed by atoms with Crippen LogP contribution < -0.4 is 5.32 Å². The van der Waals surface area contributed by atoms with Crippen LogP contribution in [-0.4, -0.2) is 12.5 Å². The van der Waals surface area contributed by atoms with Crippen LogP contribution in [0.5, 0.6) is 0 Å². The van der Waals surface area contributed by atoms with E-state index < -0.39 is 0 Å². The minimum absolute atomic E-state index is 0.0970. The van der Waals surface area contributed by atoms with E-state index in [4.69, 9.17) is 0 Å². The van der Waals surface area contributed by atoms with E-state index in [0.717, 1.165) is 6.42 Å². The van der Waals surface area contributed by atoms with Gasteiger partial charge in [-0.15, -0.1) is 11.3 Å². The molecule has 104 valence electrons. The molecule has 0 bridgehead atoms. The molecule has 1 heterocycles. The van der Waals surface area contributed by atoms with Crippen LogP contribution in [0.25, 0.3) is 0 Å². The predicted octanol–water partition coefficient (Wildman–Crippen LogP) is 3.35. The molecule has 2 atom stereocenters. The number of rotatable bonds is 5. The largest absolute Gasteiger partial charge is 0.356 e. The Morgan fingerprint density at radius 2 is 2.15 bits per heavy atom. The van der Waals surface area contributed by atoms with Crippen molar-refractivity contribution in [1.82, 2.24) is 5.32 Å². The molecule has 1 aliphatic carbocycles. The van der Waals surface area contributed by atoms with E-state index in [1.807, 2.05) is 17.5 Å². The Balaban J connectivity index is 1.46. The summed E-state index contributed by atoms with van der Waals surface area (Å²) in [6.07, 6.45) is 1.47. The molecule has 0 saturated heterocycles. The van der Waals surface area contributed by atoms with E-state index in [2.05, 4.69) is 11.4 Å². The number of halogens is 1. The highest BCUT2D eigenvalue weighted by Gasteiger charge is 2.44. The van der Waals surface area contributed by atoms with E-state index in [0.29, 0.717) is 24.4 Å².